The number of aliphatic hydroxyl groups is 1. The van der Waals surface area contributed by atoms with Crippen LogP contribution in [0.1, 0.15) is 24.2 Å². The lowest BCUT2D eigenvalue weighted by molar-refractivity contribution is 0.191. The SMILES string of the molecule is CC(O)Cc1noc(Cc2ccc(Br)cc2)n1. The van der Waals surface area contributed by atoms with Gasteiger partial charge in [-0.05, 0) is 24.6 Å². The fourth-order valence-corrected chi connectivity index (χ4v) is 1.75. The molecule has 0 aliphatic carbocycles. The number of aromatic nitrogens is 2. The third-order valence-corrected chi connectivity index (χ3v) is 2.79. The van der Waals surface area contributed by atoms with Crippen molar-refractivity contribution in [1.29, 1.82) is 0 Å². The highest BCUT2D eigenvalue weighted by molar-refractivity contribution is 9.10. The van der Waals surface area contributed by atoms with Gasteiger partial charge in [0.05, 0.1) is 12.5 Å². The van der Waals surface area contributed by atoms with E-state index in [1.54, 1.807) is 6.92 Å². The van der Waals surface area contributed by atoms with Crippen molar-refractivity contribution in [2.45, 2.75) is 25.9 Å². The smallest absolute Gasteiger partial charge is 0.231 e. The zero-order valence-electron chi connectivity index (χ0n) is 9.43. The standard InChI is InChI=1S/C12H13BrN2O2/c1-8(16)6-11-14-12(17-15-11)7-9-2-4-10(13)5-3-9/h2-5,8,16H,6-7H2,1H3. The van der Waals surface area contributed by atoms with E-state index in [1.807, 2.05) is 24.3 Å². The number of aliphatic hydroxyl groups excluding tert-OH is 1. The maximum absolute atomic E-state index is 9.21. The van der Waals surface area contributed by atoms with Crippen LogP contribution in [0, 0.1) is 0 Å². The van der Waals surface area contributed by atoms with Crippen LogP contribution in [0.15, 0.2) is 33.3 Å². The molecule has 1 atom stereocenters. The van der Waals surface area contributed by atoms with Crippen LogP contribution in [0.5, 0.6) is 0 Å². The summed E-state index contributed by atoms with van der Waals surface area (Å²) in [4.78, 5) is 4.22. The van der Waals surface area contributed by atoms with Crippen LogP contribution < -0.4 is 0 Å². The largest absolute Gasteiger partial charge is 0.393 e. The van der Waals surface area contributed by atoms with Crippen molar-refractivity contribution >= 4 is 15.9 Å². The Kier molecular flexibility index (Phi) is 3.91. The van der Waals surface area contributed by atoms with E-state index in [-0.39, 0.29) is 0 Å². The number of hydrogen-bond acceptors (Lipinski definition) is 4. The molecule has 5 heteroatoms. The Morgan fingerprint density at radius 1 is 1.35 bits per heavy atom. The Morgan fingerprint density at radius 3 is 2.71 bits per heavy atom. The van der Waals surface area contributed by atoms with E-state index in [0.717, 1.165) is 10.0 Å². The molecule has 0 saturated heterocycles. The van der Waals surface area contributed by atoms with Gasteiger partial charge in [0.25, 0.3) is 0 Å². The summed E-state index contributed by atoms with van der Waals surface area (Å²) in [5, 5.41) is 13.0. The number of hydrogen-bond donors (Lipinski definition) is 1. The first-order valence-electron chi connectivity index (χ1n) is 5.37. The fourth-order valence-electron chi connectivity index (χ4n) is 1.49. The lowest BCUT2D eigenvalue weighted by Crippen LogP contribution is -2.05. The van der Waals surface area contributed by atoms with Crippen LogP contribution in [-0.4, -0.2) is 21.4 Å². The van der Waals surface area contributed by atoms with E-state index >= 15 is 0 Å². The first-order chi connectivity index (χ1) is 8.13. The highest BCUT2D eigenvalue weighted by atomic mass is 79.9. The average molecular weight is 297 g/mol. The number of halogens is 1. The molecule has 0 spiro atoms. The maximum Gasteiger partial charge on any atom is 0.231 e. The average Bonchev–Trinajstić information content (AvgIpc) is 2.68. The van der Waals surface area contributed by atoms with Crippen LogP contribution in [0.3, 0.4) is 0 Å². The van der Waals surface area contributed by atoms with Crippen molar-refractivity contribution in [3.63, 3.8) is 0 Å². The summed E-state index contributed by atoms with van der Waals surface area (Å²) in [5.41, 5.74) is 1.11. The molecule has 0 bridgehead atoms. The van der Waals surface area contributed by atoms with Crippen LogP contribution in [0.4, 0.5) is 0 Å². The van der Waals surface area contributed by atoms with Gasteiger partial charge in [0, 0.05) is 10.9 Å². The molecule has 0 radical (unpaired) electrons. The zero-order chi connectivity index (χ0) is 12.3. The molecule has 1 heterocycles. The van der Waals surface area contributed by atoms with Gasteiger partial charge >= 0.3 is 0 Å². The molecule has 1 aromatic heterocycles. The summed E-state index contributed by atoms with van der Waals surface area (Å²) in [6, 6.07) is 7.95. The van der Waals surface area contributed by atoms with Crippen LogP contribution in [-0.2, 0) is 12.8 Å². The van der Waals surface area contributed by atoms with Crippen LogP contribution >= 0.6 is 15.9 Å². The molecule has 2 rings (SSSR count). The van der Waals surface area contributed by atoms with Gasteiger partial charge < -0.3 is 9.63 Å². The Balaban J connectivity index is 2.03. The van der Waals surface area contributed by atoms with Gasteiger partial charge in [0.15, 0.2) is 5.82 Å². The predicted molar refractivity (Wildman–Crippen MR) is 66.6 cm³/mol. The van der Waals surface area contributed by atoms with Crippen molar-refractivity contribution in [2.75, 3.05) is 0 Å². The van der Waals surface area contributed by atoms with Gasteiger partial charge in [-0.2, -0.15) is 4.98 Å². The predicted octanol–water partition coefficient (Wildman–Crippen LogP) is 2.35. The van der Waals surface area contributed by atoms with E-state index in [9.17, 15) is 5.11 Å². The molecule has 1 N–H and O–H groups in total. The minimum Gasteiger partial charge on any atom is -0.393 e. The third kappa shape index (κ3) is 3.64. The maximum atomic E-state index is 9.21. The zero-order valence-corrected chi connectivity index (χ0v) is 11.0. The molecular formula is C12H13BrN2O2. The van der Waals surface area contributed by atoms with Crippen molar-refractivity contribution in [2.24, 2.45) is 0 Å². The summed E-state index contributed by atoms with van der Waals surface area (Å²) in [7, 11) is 0. The summed E-state index contributed by atoms with van der Waals surface area (Å²) in [6.45, 7) is 1.70. The molecular weight excluding hydrogens is 284 g/mol. The van der Waals surface area contributed by atoms with Crippen molar-refractivity contribution < 1.29 is 9.63 Å². The monoisotopic (exact) mass is 296 g/mol. The number of rotatable bonds is 4. The minimum atomic E-state index is -0.451. The molecule has 0 fully saturated rings. The summed E-state index contributed by atoms with van der Waals surface area (Å²) < 4.78 is 6.16. The highest BCUT2D eigenvalue weighted by Gasteiger charge is 2.09. The molecule has 1 aromatic carbocycles. The molecule has 0 amide bonds. The minimum absolute atomic E-state index is 0.420. The number of nitrogens with zero attached hydrogens (tertiary/aromatic N) is 2. The van der Waals surface area contributed by atoms with Crippen LogP contribution in [0.25, 0.3) is 0 Å². The summed E-state index contributed by atoms with van der Waals surface area (Å²) in [5.74, 6) is 1.12. The van der Waals surface area contributed by atoms with Gasteiger partial charge in [-0.1, -0.05) is 33.2 Å². The Hall–Kier alpha value is -1.20. The third-order valence-electron chi connectivity index (χ3n) is 2.26. The van der Waals surface area contributed by atoms with Crippen molar-refractivity contribution in [3.8, 4) is 0 Å². The first kappa shape index (κ1) is 12.3. The van der Waals surface area contributed by atoms with Gasteiger partial charge in [-0.25, -0.2) is 0 Å². The molecule has 0 aliphatic rings. The van der Waals surface area contributed by atoms with E-state index in [2.05, 4.69) is 26.1 Å². The normalized spacial score (nSPS) is 12.6. The van der Waals surface area contributed by atoms with Crippen molar-refractivity contribution in [1.82, 2.24) is 10.1 Å². The van der Waals surface area contributed by atoms with Gasteiger partial charge in [0.1, 0.15) is 0 Å². The van der Waals surface area contributed by atoms with Crippen LogP contribution in [0.2, 0.25) is 0 Å². The molecule has 17 heavy (non-hydrogen) atoms. The topological polar surface area (TPSA) is 59.2 Å². The molecule has 0 aliphatic heterocycles. The van der Waals surface area contributed by atoms with E-state index < -0.39 is 6.10 Å². The molecule has 4 nitrogen and oxygen atoms in total. The second kappa shape index (κ2) is 5.42. The molecule has 90 valence electrons. The summed E-state index contributed by atoms with van der Waals surface area (Å²) >= 11 is 3.38. The quantitative estimate of drug-likeness (QED) is 0.941. The number of benzene rings is 1. The lowest BCUT2D eigenvalue weighted by atomic mass is 10.1. The Bertz CT molecular complexity index is 480. The molecule has 2 aromatic rings. The van der Waals surface area contributed by atoms with Gasteiger partial charge in [0.2, 0.25) is 5.89 Å². The fraction of sp³-hybridized carbons (Fsp3) is 0.333. The van der Waals surface area contributed by atoms with Crippen molar-refractivity contribution in [3.05, 3.63) is 46.0 Å². The summed E-state index contributed by atoms with van der Waals surface area (Å²) in [6.07, 6.45) is 0.581. The molecule has 1 unspecified atom stereocenters. The first-order valence-corrected chi connectivity index (χ1v) is 6.17. The second-order valence-electron chi connectivity index (χ2n) is 3.96. The van der Waals surface area contributed by atoms with E-state index in [1.165, 1.54) is 0 Å². The molecule has 0 saturated carbocycles. The van der Waals surface area contributed by atoms with Gasteiger partial charge in [-0.3, -0.25) is 0 Å². The lowest BCUT2D eigenvalue weighted by Gasteiger charge is -1.97. The van der Waals surface area contributed by atoms with E-state index in [0.29, 0.717) is 24.6 Å². The Morgan fingerprint density at radius 2 is 2.06 bits per heavy atom. The Labute approximate surface area is 108 Å². The second-order valence-corrected chi connectivity index (χ2v) is 4.88. The highest BCUT2D eigenvalue weighted by Crippen LogP contribution is 2.13. The van der Waals surface area contributed by atoms with E-state index in [4.69, 9.17) is 4.52 Å². The van der Waals surface area contributed by atoms with Gasteiger partial charge in [-0.15, -0.1) is 0 Å².